The van der Waals surface area contributed by atoms with E-state index in [0.29, 0.717) is 17.6 Å². The molecule has 19 heavy (non-hydrogen) atoms. The normalized spacial score (nSPS) is 24.1. The average Bonchev–Trinajstić information content (AvgIpc) is 3.09. The van der Waals surface area contributed by atoms with Crippen LogP contribution in [0.5, 0.6) is 5.75 Å². The molecule has 2 aliphatic heterocycles. The third-order valence-electron chi connectivity index (χ3n) is 4.14. The predicted molar refractivity (Wildman–Crippen MR) is 74.4 cm³/mol. The highest BCUT2D eigenvalue weighted by Crippen LogP contribution is 2.33. The molecule has 0 bridgehead atoms. The van der Waals surface area contributed by atoms with E-state index < -0.39 is 0 Å². The molecule has 0 amide bonds. The second kappa shape index (κ2) is 5.21. The Labute approximate surface area is 113 Å². The lowest BCUT2D eigenvalue weighted by atomic mass is 10.2. The molecule has 0 aliphatic carbocycles. The average molecular weight is 263 g/mol. The van der Waals surface area contributed by atoms with Crippen molar-refractivity contribution in [3.63, 3.8) is 0 Å². The quantitative estimate of drug-likeness (QED) is 0.867. The number of aromatic nitrogens is 2. The zero-order valence-corrected chi connectivity index (χ0v) is 11.4. The highest BCUT2D eigenvalue weighted by molar-refractivity contribution is 5.63. The summed E-state index contributed by atoms with van der Waals surface area (Å²) in [5.41, 5.74) is 5.84. The molecule has 0 radical (unpaired) electrons. The van der Waals surface area contributed by atoms with E-state index in [0.717, 1.165) is 18.9 Å². The SMILES string of the molecule is COc1c(N)ncnc1N1CCC(N2CCCC2)C1. The first-order valence-corrected chi connectivity index (χ1v) is 6.93. The van der Waals surface area contributed by atoms with Crippen LogP contribution in [0.4, 0.5) is 11.6 Å². The minimum Gasteiger partial charge on any atom is -0.490 e. The summed E-state index contributed by atoms with van der Waals surface area (Å²) in [5, 5.41) is 0. The van der Waals surface area contributed by atoms with Gasteiger partial charge in [0.15, 0.2) is 11.6 Å². The number of anilines is 2. The zero-order valence-electron chi connectivity index (χ0n) is 11.4. The van der Waals surface area contributed by atoms with Crippen molar-refractivity contribution in [2.75, 3.05) is 43.9 Å². The Kier molecular flexibility index (Phi) is 3.42. The van der Waals surface area contributed by atoms with Crippen LogP contribution >= 0.6 is 0 Å². The second-order valence-electron chi connectivity index (χ2n) is 5.25. The van der Waals surface area contributed by atoms with Crippen LogP contribution in [0.2, 0.25) is 0 Å². The minimum absolute atomic E-state index is 0.414. The molecule has 104 valence electrons. The van der Waals surface area contributed by atoms with E-state index in [1.807, 2.05) is 0 Å². The van der Waals surface area contributed by atoms with Crippen LogP contribution < -0.4 is 15.4 Å². The number of likely N-dealkylation sites (tertiary alicyclic amines) is 1. The number of nitrogens with zero attached hydrogens (tertiary/aromatic N) is 4. The van der Waals surface area contributed by atoms with E-state index >= 15 is 0 Å². The van der Waals surface area contributed by atoms with Crippen LogP contribution in [0.25, 0.3) is 0 Å². The van der Waals surface area contributed by atoms with Crippen molar-refractivity contribution < 1.29 is 4.74 Å². The maximum absolute atomic E-state index is 5.84. The number of hydrogen-bond donors (Lipinski definition) is 1. The summed E-state index contributed by atoms with van der Waals surface area (Å²) < 4.78 is 5.34. The predicted octanol–water partition coefficient (Wildman–Crippen LogP) is 0.742. The van der Waals surface area contributed by atoms with Gasteiger partial charge in [0.1, 0.15) is 6.33 Å². The molecule has 0 saturated carbocycles. The van der Waals surface area contributed by atoms with Crippen LogP contribution in [-0.4, -0.2) is 54.2 Å². The molecule has 0 aromatic carbocycles. The standard InChI is InChI=1S/C13H21N5O/c1-19-11-12(14)15-9-16-13(11)18-7-4-10(8-18)17-5-2-3-6-17/h9-10H,2-8H2,1H3,(H2,14,15,16). The summed E-state index contributed by atoms with van der Waals surface area (Å²) >= 11 is 0. The van der Waals surface area contributed by atoms with Crippen molar-refractivity contribution >= 4 is 11.6 Å². The summed E-state index contributed by atoms with van der Waals surface area (Å²) in [7, 11) is 1.62. The molecule has 1 unspecified atom stereocenters. The summed E-state index contributed by atoms with van der Waals surface area (Å²) in [4.78, 5) is 13.2. The van der Waals surface area contributed by atoms with Crippen LogP contribution in [0.3, 0.4) is 0 Å². The number of rotatable bonds is 3. The molecule has 0 spiro atoms. The lowest BCUT2D eigenvalue weighted by Crippen LogP contribution is -2.35. The molecule has 2 saturated heterocycles. The van der Waals surface area contributed by atoms with Gasteiger partial charge in [0.2, 0.25) is 5.75 Å². The van der Waals surface area contributed by atoms with Crippen LogP contribution in [-0.2, 0) is 0 Å². The molecule has 3 heterocycles. The smallest absolute Gasteiger partial charge is 0.204 e. The van der Waals surface area contributed by atoms with Gasteiger partial charge in [0.05, 0.1) is 7.11 Å². The molecule has 2 fully saturated rings. The molecule has 6 nitrogen and oxygen atoms in total. The van der Waals surface area contributed by atoms with Gasteiger partial charge in [0.25, 0.3) is 0 Å². The van der Waals surface area contributed by atoms with Crippen molar-refractivity contribution in [1.82, 2.24) is 14.9 Å². The van der Waals surface area contributed by atoms with Crippen molar-refractivity contribution in [1.29, 1.82) is 0 Å². The van der Waals surface area contributed by atoms with Gasteiger partial charge in [-0.3, -0.25) is 4.90 Å². The van der Waals surface area contributed by atoms with Gasteiger partial charge >= 0.3 is 0 Å². The van der Waals surface area contributed by atoms with E-state index in [9.17, 15) is 0 Å². The Bertz CT molecular complexity index is 447. The highest BCUT2D eigenvalue weighted by Gasteiger charge is 2.31. The third-order valence-corrected chi connectivity index (χ3v) is 4.14. The van der Waals surface area contributed by atoms with E-state index in [1.54, 1.807) is 7.11 Å². The third kappa shape index (κ3) is 2.32. The van der Waals surface area contributed by atoms with E-state index in [1.165, 1.54) is 38.7 Å². The number of hydrogen-bond acceptors (Lipinski definition) is 6. The van der Waals surface area contributed by atoms with Crippen molar-refractivity contribution in [2.24, 2.45) is 0 Å². The molecule has 2 N–H and O–H groups in total. The highest BCUT2D eigenvalue weighted by atomic mass is 16.5. The minimum atomic E-state index is 0.414. The maximum atomic E-state index is 5.84. The van der Waals surface area contributed by atoms with Crippen molar-refractivity contribution in [2.45, 2.75) is 25.3 Å². The molecule has 1 aromatic heterocycles. The first-order chi connectivity index (χ1) is 9.29. The molecule has 1 aromatic rings. The van der Waals surface area contributed by atoms with Gasteiger partial charge in [-0.15, -0.1) is 0 Å². The molecule has 2 aliphatic rings. The van der Waals surface area contributed by atoms with E-state index in [-0.39, 0.29) is 0 Å². The fourth-order valence-electron chi connectivity index (χ4n) is 3.14. The molecule has 3 rings (SSSR count). The van der Waals surface area contributed by atoms with Gasteiger partial charge in [-0.25, -0.2) is 9.97 Å². The Balaban J connectivity index is 1.75. The fourth-order valence-corrected chi connectivity index (χ4v) is 3.14. The van der Waals surface area contributed by atoms with E-state index in [2.05, 4.69) is 19.8 Å². The van der Waals surface area contributed by atoms with Gasteiger partial charge in [-0.2, -0.15) is 0 Å². The number of ether oxygens (including phenoxy) is 1. The summed E-state index contributed by atoms with van der Waals surface area (Å²) in [6.07, 6.45) is 5.37. The number of nitrogens with two attached hydrogens (primary N) is 1. The summed E-state index contributed by atoms with van der Waals surface area (Å²) in [6, 6.07) is 0.642. The Morgan fingerprint density at radius 2 is 2.05 bits per heavy atom. The molecule has 1 atom stereocenters. The molecule has 6 heteroatoms. The lowest BCUT2D eigenvalue weighted by Gasteiger charge is -2.24. The topological polar surface area (TPSA) is 67.5 Å². The largest absolute Gasteiger partial charge is 0.490 e. The van der Waals surface area contributed by atoms with Crippen molar-refractivity contribution in [3.05, 3.63) is 6.33 Å². The molecular formula is C13H21N5O. The van der Waals surface area contributed by atoms with Gasteiger partial charge in [0, 0.05) is 19.1 Å². The van der Waals surface area contributed by atoms with Crippen LogP contribution in [0.1, 0.15) is 19.3 Å². The van der Waals surface area contributed by atoms with Crippen molar-refractivity contribution in [3.8, 4) is 5.75 Å². The second-order valence-corrected chi connectivity index (χ2v) is 5.25. The summed E-state index contributed by atoms with van der Waals surface area (Å²) in [5.74, 6) is 1.85. The Morgan fingerprint density at radius 1 is 1.26 bits per heavy atom. The molecular weight excluding hydrogens is 242 g/mol. The first-order valence-electron chi connectivity index (χ1n) is 6.93. The van der Waals surface area contributed by atoms with Crippen LogP contribution in [0, 0.1) is 0 Å². The zero-order chi connectivity index (χ0) is 13.2. The first kappa shape index (κ1) is 12.5. The monoisotopic (exact) mass is 263 g/mol. The summed E-state index contributed by atoms with van der Waals surface area (Å²) in [6.45, 7) is 4.49. The number of methoxy groups -OCH3 is 1. The van der Waals surface area contributed by atoms with Gasteiger partial charge in [-0.1, -0.05) is 0 Å². The Morgan fingerprint density at radius 3 is 2.79 bits per heavy atom. The Hall–Kier alpha value is -1.56. The number of nitrogen functional groups attached to an aromatic ring is 1. The maximum Gasteiger partial charge on any atom is 0.204 e. The van der Waals surface area contributed by atoms with Crippen LogP contribution in [0.15, 0.2) is 6.33 Å². The van der Waals surface area contributed by atoms with Gasteiger partial charge in [-0.05, 0) is 32.4 Å². The van der Waals surface area contributed by atoms with Gasteiger partial charge < -0.3 is 15.4 Å². The lowest BCUT2D eigenvalue weighted by molar-refractivity contribution is 0.260. The fraction of sp³-hybridized carbons (Fsp3) is 0.692. The van der Waals surface area contributed by atoms with E-state index in [4.69, 9.17) is 10.5 Å².